The van der Waals surface area contributed by atoms with Gasteiger partial charge in [0.25, 0.3) is 5.91 Å². The molecule has 0 radical (unpaired) electrons. The molecule has 1 aromatic carbocycles. The molecule has 0 spiro atoms. The lowest BCUT2D eigenvalue weighted by atomic mass is 10.1. The van der Waals surface area contributed by atoms with Gasteiger partial charge in [-0.1, -0.05) is 0 Å². The number of ether oxygens (including phenoxy) is 1. The molecule has 0 saturated heterocycles. The lowest BCUT2D eigenvalue weighted by Crippen LogP contribution is -2.15. The van der Waals surface area contributed by atoms with Crippen LogP contribution in [-0.4, -0.2) is 18.0 Å². The maximum atomic E-state index is 12.1. The Morgan fingerprint density at radius 2 is 2.11 bits per heavy atom. The van der Waals surface area contributed by atoms with Crippen molar-refractivity contribution < 1.29 is 9.53 Å². The van der Waals surface area contributed by atoms with Crippen molar-refractivity contribution in [2.45, 2.75) is 6.92 Å². The summed E-state index contributed by atoms with van der Waals surface area (Å²) in [4.78, 5) is 16.1. The second-order valence-electron chi connectivity index (χ2n) is 4.13. The first kappa shape index (κ1) is 12.9. The topological polar surface area (TPSA) is 77.2 Å². The number of nitrogens with one attached hydrogen (secondary N) is 1. The Labute approximate surface area is 111 Å². The predicted octanol–water partition coefficient (Wildman–Crippen LogP) is 2.23. The fourth-order valence-electron chi connectivity index (χ4n) is 1.66. The van der Waals surface area contributed by atoms with Gasteiger partial charge in [-0.15, -0.1) is 0 Å². The Balaban J connectivity index is 2.20. The lowest BCUT2D eigenvalue weighted by Gasteiger charge is -2.08. The number of pyridine rings is 1. The first-order valence-corrected chi connectivity index (χ1v) is 5.77. The predicted molar refractivity (Wildman–Crippen MR) is 74.3 cm³/mol. The quantitative estimate of drug-likeness (QED) is 0.827. The number of hydrogen-bond donors (Lipinski definition) is 2. The van der Waals surface area contributed by atoms with Crippen molar-refractivity contribution in [2.75, 3.05) is 18.2 Å². The Bertz CT molecular complexity index is 611. The molecule has 0 unspecified atom stereocenters. The van der Waals surface area contributed by atoms with E-state index in [4.69, 9.17) is 10.5 Å². The monoisotopic (exact) mass is 257 g/mol. The standard InChI is InChI=1S/C14H15N3O2/c1-9-5-6-16-13(7-9)17-14(18)11-4-3-10(19-2)8-12(11)15/h3-8H,15H2,1-2H3,(H,16,17,18). The van der Waals surface area contributed by atoms with Crippen molar-refractivity contribution >= 4 is 17.4 Å². The van der Waals surface area contributed by atoms with Crippen LogP contribution in [0.5, 0.6) is 5.75 Å². The van der Waals surface area contributed by atoms with Crippen molar-refractivity contribution in [1.29, 1.82) is 0 Å². The van der Waals surface area contributed by atoms with Crippen molar-refractivity contribution in [3.8, 4) is 5.75 Å². The largest absolute Gasteiger partial charge is 0.497 e. The van der Waals surface area contributed by atoms with Gasteiger partial charge < -0.3 is 15.8 Å². The summed E-state index contributed by atoms with van der Waals surface area (Å²) in [7, 11) is 1.55. The molecule has 3 N–H and O–H groups in total. The van der Waals surface area contributed by atoms with Crippen LogP contribution >= 0.6 is 0 Å². The minimum atomic E-state index is -0.293. The van der Waals surface area contributed by atoms with Crippen LogP contribution in [0.15, 0.2) is 36.5 Å². The maximum absolute atomic E-state index is 12.1. The number of nitrogens with zero attached hydrogens (tertiary/aromatic N) is 1. The van der Waals surface area contributed by atoms with Gasteiger partial charge in [0, 0.05) is 18.0 Å². The highest BCUT2D eigenvalue weighted by Gasteiger charge is 2.11. The molecule has 1 amide bonds. The molecule has 0 atom stereocenters. The minimum absolute atomic E-state index is 0.293. The van der Waals surface area contributed by atoms with E-state index in [1.807, 2.05) is 13.0 Å². The van der Waals surface area contributed by atoms with Crippen molar-refractivity contribution in [3.05, 3.63) is 47.7 Å². The van der Waals surface area contributed by atoms with E-state index in [1.54, 1.807) is 37.6 Å². The van der Waals surface area contributed by atoms with Crippen LogP contribution in [0.1, 0.15) is 15.9 Å². The second-order valence-corrected chi connectivity index (χ2v) is 4.13. The minimum Gasteiger partial charge on any atom is -0.497 e. The zero-order valence-electron chi connectivity index (χ0n) is 10.8. The summed E-state index contributed by atoms with van der Waals surface area (Å²) in [5, 5.41) is 2.71. The molecule has 5 nitrogen and oxygen atoms in total. The molecular formula is C14H15N3O2. The molecule has 98 valence electrons. The van der Waals surface area contributed by atoms with Gasteiger partial charge >= 0.3 is 0 Å². The van der Waals surface area contributed by atoms with Crippen molar-refractivity contribution in [3.63, 3.8) is 0 Å². The van der Waals surface area contributed by atoms with Crippen LogP contribution in [0.3, 0.4) is 0 Å². The number of methoxy groups -OCH3 is 1. The van der Waals surface area contributed by atoms with E-state index in [9.17, 15) is 4.79 Å². The van der Waals surface area contributed by atoms with E-state index in [0.29, 0.717) is 22.8 Å². The number of hydrogen-bond acceptors (Lipinski definition) is 4. The third kappa shape index (κ3) is 3.01. The van der Waals surface area contributed by atoms with Gasteiger partial charge in [0.1, 0.15) is 11.6 Å². The normalized spacial score (nSPS) is 10.0. The molecule has 0 aliphatic heterocycles. The summed E-state index contributed by atoms with van der Waals surface area (Å²) < 4.78 is 5.04. The van der Waals surface area contributed by atoms with Gasteiger partial charge in [0.2, 0.25) is 0 Å². The average Bonchev–Trinajstić information content (AvgIpc) is 2.38. The molecule has 1 heterocycles. The van der Waals surface area contributed by atoms with Gasteiger partial charge in [0.05, 0.1) is 12.7 Å². The average molecular weight is 257 g/mol. The Hall–Kier alpha value is -2.56. The molecule has 0 fully saturated rings. The summed E-state index contributed by atoms with van der Waals surface area (Å²) in [5.41, 5.74) is 7.60. The SMILES string of the molecule is COc1ccc(C(=O)Nc2cc(C)ccn2)c(N)c1. The molecular weight excluding hydrogens is 242 g/mol. The molecule has 1 aromatic heterocycles. The molecule has 2 aromatic rings. The summed E-state index contributed by atoms with van der Waals surface area (Å²) in [6.45, 7) is 1.93. The molecule has 0 aliphatic carbocycles. The van der Waals surface area contributed by atoms with Crippen LogP contribution < -0.4 is 15.8 Å². The van der Waals surface area contributed by atoms with E-state index in [1.165, 1.54) is 0 Å². The Kier molecular flexibility index (Phi) is 3.66. The van der Waals surface area contributed by atoms with Gasteiger partial charge in [-0.2, -0.15) is 0 Å². The first-order chi connectivity index (χ1) is 9.10. The molecule has 0 bridgehead atoms. The van der Waals surface area contributed by atoms with E-state index >= 15 is 0 Å². The van der Waals surface area contributed by atoms with E-state index in [0.717, 1.165) is 5.56 Å². The van der Waals surface area contributed by atoms with Gasteiger partial charge in [-0.25, -0.2) is 4.98 Å². The lowest BCUT2D eigenvalue weighted by molar-refractivity contribution is 0.102. The van der Waals surface area contributed by atoms with Gasteiger partial charge in [-0.3, -0.25) is 4.79 Å². The Morgan fingerprint density at radius 3 is 2.74 bits per heavy atom. The third-order valence-corrected chi connectivity index (χ3v) is 2.66. The third-order valence-electron chi connectivity index (χ3n) is 2.66. The number of benzene rings is 1. The highest BCUT2D eigenvalue weighted by atomic mass is 16.5. The van der Waals surface area contributed by atoms with Gasteiger partial charge in [0.15, 0.2) is 0 Å². The molecule has 5 heteroatoms. The Morgan fingerprint density at radius 1 is 1.32 bits per heavy atom. The zero-order valence-corrected chi connectivity index (χ0v) is 10.8. The van der Waals surface area contributed by atoms with E-state index in [2.05, 4.69) is 10.3 Å². The van der Waals surface area contributed by atoms with E-state index in [-0.39, 0.29) is 5.91 Å². The van der Waals surface area contributed by atoms with Gasteiger partial charge in [-0.05, 0) is 36.8 Å². The number of aryl methyl sites for hydroxylation is 1. The van der Waals surface area contributed by atoms with Crippen LogP contribution in [0, 0.1) is 6.92 Å². The highest BCUT2D eigenvalue weighted by molar-refractivity contribution is 6.07. The summed E-state index contributed by atoms with van der Waals surface area (Å²) in [5.74, 6) is 0.821. The van der Waals surface area contributed by atoms with Crippen molar-refractivity contribution in [2.24, 2.45) is 0 Å². The number of aromatic nitrogens is 1. The number of carbonyl (C=O) groups is 1. The van der Waals surface area contributed by atoms with Crippen molar-refractivity contribution in [1.82, 2.24) is 4.98 Å². The highest BCUT2D eigenvalue weighted by Crippen LogP contribution is 2.20. The van der Waals surface area contributed by atoms with E-state index < -0.39 is 0 Å². The second kappa shape index (κ2) is 5.39. The van der Waals surface area contributed by atoms with Crippen LogP contribution in [-0.2, 0) is 0 Å². The molecule has 2 rings (SSSR count). The summed E-state index contributed by atoms with van der Waals surface area (Å²) in [6.07, 6.45) is 1.64. The number of rotatable bonds is 3. The molecule has 19 heavy (non-hydrogen) atoms. The number of nitrogens with two attached hydrogens (primary N) is 1. The fourth-order valence-corrected chi connectivity index (χ4v) is 1.66. The molecule has 0 saturated carbocycles. The maximum Gasteiger partial charge on any atom is 0.258 e. The van der Waals surface area contributed by atoms with Crippen LogP contribution in [0.25, 0.3) is 0 Å². The summed E-state index contributed by atoms with van der Waals surface area (Å²) in [6, 6.07) is 8.57. The zero-order chi connectivity index (χ0) is 13.8. The number of carbonyl (C=O) groups excluding carboxylic acids is 1. The number of anilines is 2. The summed E-state index contributed by atoms with van der Waals surface area (Å²) >= 11 is 0. The number of nitrogen functional groups attached to an aromatic ring is 1. The fraction of sp³-hybridized carbons (Fsp3) is 0.143. The van der Waals surface area contributed by atoms with Crippen LogP contribution in [0.4, 0.5) is 11.5 Å². The van der Waals surface area contributed by atoms with Crippen LogP contribution in [0.2, 0.25) is 0 Å². The smallest absolute Gasteiger partial charge is 0.258 e. The number of amides is 1. The first-order valence-electron chi connectivity index (χ1n) is 5.77. The molecule has 0 aliphatic rings.